The summed E-state index contributed by atoms with van der Waals surface area (Å²) in [5.74, 6) is 0. The van der Waals surface area contributed by atoms with Crippen LogP contribution in [0.2, 0.25) is 0 Å². The quantitative estimate of drug-likeness (QED) is 0.627. The fraction of sp³-hybridized carbons (Fsp3) is 1.00. The largest absolute Gasteiger partial charge is 0.379 e. The summed E-state index contributed by atoms with van der Waals surface area (Å²) in [6, 6.07) is 0.536. The van der Waals surface area contributed by atoms with E-state index < -0.39 is 0 Å². The van der Waals surface area contributed by atoms with Gasteiger partial charge in [-0.1, -0.05) is 25.7 Å². The maximum Gasteiger partial charge on any atom is 0.0591 e. The number of nitrogens with two attached hydrogens (primary N) is 1. The Kier molecular flexibility index (Phi) is 11.4. The normalized spacial score (nSPS) is 24.5. The molecule has 1 saturated carbocycles. The van der Waals surface area contributed by atoms with Gasteiger partial charge in [-0.15, -0.1) is 0 Å². The highest BCUT2D eigenvalue weighted by Crippen LogP contribution is 2.14. The third-order valence-corrected chi connectivity index (χ3v) is 3.70. The van der Waals surface area contributed by atoms with Crippen LogP contribution in [-0.2, 0) is 4.74 Å². The van der Waals surface area contributed by atoms with E-state index in [2.05, 4.69) is 10.6 Å². The zero-order chi connectivity index (χ0) is 13.6. The van der Waals surface area contributed by atoms with Gasteiger partial charge in [-0.2, -0.15) is 0 Å². The van der Waals surface area contributed by atoms with Crippen molar-refractivity contribution in [3.8, 4) is 0 Å². The predicted molar refractivity (Wildman–Crippen MR) is 81.5 cm³/mol. The summed E-state index contributed by atoms with van der Waals surface area (Å²) in [4.78, 5) is 0. The molecular formula is C15H33N3O. The summed E-state index contributed by atoms with van der Waals surface area (Å²) in [6.07, 6.45) is 10.9. The third kappa shape index (κ3) is 11.4. The highest BCUT2D eigenvalue weighted by Gasteiger charge is 2.06. The summed E-state index contributed by atoms with van der Waals surface area (Å²) in [7, 11) is 0. The van der Waals surface area contributed by atoms with Crippen molar-refractivity contribution in [3.63, 3.8) is 0 Å². The fourth-order valence-corrected chi connectivity index (χ4v) is 2.45. The Labute approximate surface area is 118 Å². The lowest BCUT2D eigenvalue weighted by Crippen LogP contribution is -2.30. The lowest BCUT2D eigenvalue weighted by atomic mass is 9.97. The topological polar surface area (TPSA) is 59.3 Å². The van der Waals surface area contributed by atoms with Crippen LogP contribution in [0.25, 0.3) is 0 Å². The molecule has 4 N–H and O–H groups in total. The lowest BCUT2D eigenvalue weighted by molar-refractivity contribution is 0.109. The second-order valence-corrected chi connectivity index (χ2v) is 5.57. The van der Waals surface area contributed by atoms with Crippen molar-refractivity contribution in [2.45, 2.75) is 57.4 Å². The van der Waals surface area contributed by atoms with Crippen LogP contribution in [-0.4, -0.2) is 45.4 Å². The maximum absolute atomic E-state index is 5.63. The van der Waals surface area contributed by atoms with Crippen LogP contribution in [0.1, 0.15) is 51.4 Å². The van der Waals surface area contributed by atoms with Gasteiger partial charge in [0.25, 0.3) is 0 Å². The first-order valence-corrected chi connectivity index (χ1v) is 8.14. The molecule has 1 aliphatic carbocycles. The van der Waals surface area contributed by atoms with E-state index in [1.807, 2.05) is 0 Å². The number of piperidine rings is 1. The summed E-state index contributed by atoms with van der Waals surface area (Å²) in [6.45, 7) is 6.33. The molecule has 114 valence electrons. The van der Waals surface area contributed by atoms with Crippen LogP contribution in [0.3, 0.4) is 0 Å². The fourth-order valence-electron chi connectivity index (χ4n) is 2.45. The van der Waals surface area contributed by atoms with E-state index in [-0.39, 0.29) is 0 Å². The Morgan fingerprint density at radius 1 is 0.684 bits per heavy atom. The molecule has 4 heteroatoms. The smallest absolute Gasteiger partial charge is 0.0591 e. The van der Waals surface area contributed by atoms with E-state index in [4.69, 9.17) is 10.5 Å². The van der Waals surface area contributed by atoms with Gasteiger partial charge in [0.1, 0.15) is 0 Å². The Morgan fingerprint density at radius 2 is 1.21 bits per heavy atom. The van der Waals surface area contributed by atoms with E-state index >= 15 is 0 Å². The number of morpholine rings is 1. The molecule has 2 aliphatic heterocycles. The molecule has 0 aromatic carbocycles. The zero-order valence-corrected chi connectivity index (χ0v) is 12.5. The highest BCUT2D eigenvalue weighted by atomic mass is 16.5. The molecule has 0 amide bonds. The number of nitrogens with one attached hydrogen (secondary N) is 2. The molecular weight excluding hydrogens is 238 g/mol. The summed E-state index contributed by atoms with van der Waals surface area (Å²) >= 11 is 0. The van der Waals surface area contributed by atoms with Crippen molar-refractivity contribution in [1.29, 1.82) is 0 Å². The Balaban J connectivity index is 0.000000143. The van der Waals surface area contributed by atoms with Gasteiger partial charge < -0.3 is 21.1 Å². The minimum Gasteiger partial charge on any atom is -0.379 e. The van der Waals surface area contributed by atoms with Crippen LogP contribution < -0.4 is 16.4 Å². The highest BCUT2D eigenvalue weighted by molar-refractivity contribution is 4.66. The Hall–Kier alpha value is -0.160. The number of hydrogen-bond acceptors (Lipinski definition) is 4. The standard InChI is InChI=1S/C6H13N.C5H11N.C4H9NO/c7-6-4-2-1-3-5-6;1-2-4-6-5-3-1;1-3-6-4-2-5-1/h6H,1-5,7H2;6H,1-5H2;5H,1-4H2. The summed E-state index contributed by atoms with van der Waals surface area (Å²) in [5.41, 5.74) is 5.63. The predicted octanol–water partition coefficient (Wildman–Crippen LogP) is 1.64. The second-order valence-electron chi connectivity index (χ2n) is 5.57. The van der Waals surface area contributed by atoms with Crippen LogP contribution in [0, 0.1) is 0 Å². The second kappa shape index (κ2) is 12.9. The molecule has 0 bridgehead atoms. The Bertz CT molecular complexity index is 141. The molecule has 0 aromatic heterocycles. The summed E-state index contributed by atoms with van der Waals surface area (Å²) < 4.78 is 5.01. The molecule has 19 heavy (non-hydrogen) atoms. The molecule has 4 nitrogen and oxygen atoms in total. The molecule has 3 rings (SSSR count). The first-order valence-electron chi connectivity index (χ1n) is 8.14. The van der Waals surface area contributed by atoms with Crippen LogP contribution in [0.4, 0.5) is 0 Å². The average Bonchev–Trinajstić information content (AvgIpc) is 2.53. The van der Waals surface area contributed by atoms with Gasteiger partial charge in [-0.05, 0) is 38.8 Å². The van der Waals surface area contributed by atoms with Gasteiger partial charge in [0.15, 0.2) is 0 Å². The molecule has 3 fully saturated rings. The lowest BCUT2D eigenvalue weighted by Gasteiger charge is -2.15. The molecule has 3 aliphatic rings. The van der Waals surface area contributed by atoms with Crippen molar-refractivity contribution in [2.24, 2.45) is 5.73 Å². The van der Waals surface area contributed by atoms with Crippen LogP contribution >= 0.6 is 0 Å². The van der Waals surface area contributed by atoms with Gasteiger partial charge >= 0.3 is 0 Å². The monoisotopic (exact) mass is 271 g/mol. The number of ether oxygens (including phenoxy) is 1. The molecule has 0 radical (unpaired) electrons. The SMILES string of the molecule is C1CCNCC1.C1COCCN1.NC1CCCCC1. The van der Waals surface area contributed by atoms with Gasteiger partial charge in [0, 0.05) is 19.1 Å². The van der Waals surface area contributed by atoms with Crippen molar-refractivity contribution in [3.05, 3.63) is 0 Å². The van der Waals surface area contributed by atoms with Crippen molar-refractivity contribution >= 4 is 0 Å². The van der Waals surface area contributed by atoms with E-state index in [0.29, 0.717) is 6.04 Å². The van der Waals surface area contributed by atoms with E-state index in [9.17, 15) is 0 Å². The first-order chi connectivity index (χ1) is 9.39. The molecule has 0 unspecified atom stereocenters. The first kappa shape index (κ1) is 16.9. The van der Waals surface area contributed by atoms with Gasteiger partial charge in [-0.25, -0.2) is 0 Å². The number of rotatable bonds is 0. The molecule has 0 spiro atoms. The van der Waals surface area contributed by atoms with Crippen molar-refractivity contribution in [2.75, 3.05) is 39.4 Å². The molecule has 2 saturated heterocycles. The van der Waals surface area contributed by atoms with Gasteiger partial charge in [0.2, 0.25) is 0 Å². The maximum atomic E-state index is 5.63. The van der Waals surface area contributed by atoms with Crippen molar-refractivity contribution < 1.29 is 4.74 Å². The zero-order valence-electron chi connectivity index (χ0n) is 12.5. The Morgan fingerprint density at radius 3 is 1.42 bits per heavy atom. The van der Waals surface area contributed by atoms with Crippen LogP contribution in [0.15, 0.2) is 0 Å². The minimum atomic E-state index is 0.536. The van der Waals surface area contributed by atoms with E-state index in [1.54, 1.807) is 0 Å². The summed E-state index contributed by atoms with van der Waals surface area (Å²) in [5, 5.41) is 6.44. The minimum absolute atomic E-state index is 0.536. The van der Waals surface area contributed by atoms with Gasteiger partial charge in [0.05, 0.1) is 13.2 Å². The van der Waals surface area contributed by atoms with Crippen LogP contribution in [0.5, 0.6) is 0 Å². The molecule has 0 atom stereocenters. The van der Waals surface area contributed by atoms with E-state index in [0.717, 1.165) is 26.3 Å². The average molecular weight is 271 g/mol. The number of hydrogen-bond donors (Lipinski definition) is 3. The molecule has 0 aromatic rings. The van der Waals surface area contributed by atoms with E-state index in [1.165, 1.54) is 64.5 Å². The molecule has 2 heterocycles. The third-order valence-electron chi connectivity index (χ3n) is 3.70. The van der Waals surface area contributed by atoms with Crippen molar-refractivity contribution in [1.82, 2.24) is 10.6 Å². The van der Waals surface area contributed by atoms with Gasteiger partial charge in [-0.3, -0.25) is 0 Å².